The van der Waals surface area contributed by atoms with Crippen LogP contribution in [0.15, 0.2) is 30.3 Å². The van der Waals surface area contributed by atoms with Crippen molar-refractivity contribution in [1.82, 2.24) is 10.2 Å². The maximum absolute atomic E-state index is 12.1. The zero-order chi connectivity index (χ0) is 15.2. The van der Waals surface area contributed by atoms with Crippen molar-refractivity contribution in [3.8, 4) is 0 Å². The molecule has 114 valence electrons. The molecule has 2 amide bonds. The first-order chi connectivity index (χ1) is 10.1. The largest absolute Gasteiger partial charge is 0.480 e. The van der Waals surface area contributed by atoms with Gasteiger partial charge in [-0.2, -0.15) is 0 Å². The molecule has 0 bridgehead atoms. The van der Waals surface area contributed by atoms with Crippen molar-refractivity contribution >= 4 is 12.0 Å². The Hall–Kier alpha value is -2.04. The molecule has 1 aromatic carbocycles. The summed E-state index contributed by atoms with van der Waals surface area (Å²) in [6.07, 6.45) is 3.06. The Labute approximate surface area is 125 Å². The second-order valence-electron chi connectivity index (χ2n) is 5.38. The number of carbonyl (C=O) groups excluding carboxylic acids is 1. The van der Waals surface area contributed by atoms with E-state index in [-0.39, 0.29) is 6.03 Å². The molecule has 0 saturated heterocycles. The molecule has 2 N–H and O–H groups in total. The van der Waals surface area contributed by atoms with E-state index in [0.717, 1.165) is 18.4 Å². The molecule has 1 aliphatic carbocycles. The lowest BCUT2D eigenvalue weighted by Gasteiger charge is -2.23. The number of carboxylic acids is 1. The number of aliphatic carboxylic acids is 1. The van der Waals surface area contributed by atoms with E-state index in [1.54, 1.807) is 4.90 Å². The highest BCUT2D eigenvalue weighted by Crippen LogP contribution is 2.26. The second-order valence-corrected chi connectivity index (χ2v) is 5.38. The summed E-state index contributed by atoms with van der Waals surface area (Å²) in [6.45, 7) is 2.53. The summed E-state index contributed by atoms with van der Waals surface area (Å²) < 4.78 is 0. The Morgan fingerprint density at radius 3 is 2.52 bits per heavy atom. The number of carboxylic acid groups (broad SMARTS) is 1. The number of hydrogen-bond donors (Lipinski definition) is 2. The van der Waals surface area contributed by atoms with E-state index in [1.165, 1.54) is 0 Å². The van der Waals surface area contributed by atoms with E-state index in [4.69, 9.17) is 0 Å². The van der Waals surface area contributed by atoms with Crippen LogP contribution in [0.2, 0.25) is 0 Å². The van der Waals surface area contributed by atoms with Crippen LogP contribution in [0.4, 0.5) is 4.79 Å². The van der Waals surface area contributed by atoms with Crippen LogP contribution in [0.3, 0.4) is 0 Å². The van der Waals surface area contributed by atoms with E-state index in [9.17, 15) is 14.7 Å². The fourth-order valence-corrected chi connectivity index (χ4v) is 2.40. The summed E-state index contributed by atoms with van der Waals surface area (Å²) in [5.74, 6) is -0.980. The molecule has 1 aliphatic rings. The number of carbonyl (C=O) groups is 2. The molecule has 1 atom stereocenters. The average molecular weight is 290 g/mol. The Bertz CT molecular complexity index is 486. The third-order valence-corrected chi connectivity index (χ3v) is 3.75. The van der Waals surface area contributed by atoms with Gasteiger partial charge in [0.15, 0.2) is 0 Å². The molecular weight excluding hydrogens is 268 g/mol. The summed E-state index contributed by atoms with van der Waals surface area (Å²) in [5.41, 5.74) is 1.08. The van der Waals surface area contributed by atoms with Gasteiger partial charge in [-0.15, -0.1) is 0 Å². The molecule has 0 aliphatic heterocycles. The minimum atomic E-state index is -0.980. The van der Waals surface area contributed by atoms with Gasteiger partial charge in [-0.1, -0.05) is 30.3 Å². The molecule has 5 nitrogen and oxygen atoms in total. The van der Waals surface area contributed by atoms with E-state index in [2.05, 4.69) is 5.32 Å². The van der Waals surface area contributed by atoms with E-state index >= 15 is 0 Å². The van der Waals surface area contributed by atoms with Gasteiger partial charge in [0.05, 0.1) is 0 Å². The van der Waals surface area contributed by atoms with Crippen LogP contribution >= 0.6 is 0 Å². The number of rotatable bonds is 7. The van der Waals surface area contributed by atoms with Gasteiger partial charge in [0.1, 0.15) is 6.04 Å². The van der Waals surface area contributed by atoms with Crippen LogP contribution in [0.25, 0.3) is 0 Å². The minimum absolute atomic E-state index is 0.263. The number of aryl methyl sites for hydroxylation is 1. The number of hydrogen-bond acceptors (Lipinski definition) is 2. The lowest BCUT2D eigenvalue weighted by atomic mass is 10.1. The molecule has 0 spiro atoms. The molecule has 21 heavy (non-hydrogen) atoms. The van der Waals surface area contributed by atoms with Crippen molar-refractivity contribution in [2.45, 2.75) is 44.7 Å². The number of benzene rings is 1. The molecular formula is C16H22N2O3. The maximum atomic E-state index is 12.1. The third-order valence-electron chi connectivity index (χ3n) is 3.75. The third kappa shape index (κ3) is 4.48. The standard InChI is InChI=1S/C16H22N2O3/c1-2-18(13-9-10-13)16(21)17-14(15(19)20)11-8-12-6-4-3-5-7-12/h3-7,13-14H,2,8-11H2,1H3,(H,17,21)(H,19,20). The first-order valence-electron chi connectivity index (χ1n) is 7.45. The number of nitrogens with zero attached hydrogens (tertiary/aromatic N) is 1. The van der Waals surface area contributed by atoms with E-state index in [0.29, 0.717) is 25.4 Å². The fraction of sp³-hybridized carbons (Fsp3) is 0.500. The van der Waals surface area contributed by atoms with Crippen molar-refractivity contribution in [2.75, 3.05) is 6.54 Å². The Morgan fingerprint density at radius 2 is 2.00 bits per heavy atom. The zero-order valence-corrected chi connectivity index (χ0v) is 12.3. The van der Waals surface area contributed by atoms with Gasteiger partial charge in [0, 0.05) is 12.6 Å². The molecule has 1 fully saturated rings. The van der Waals surface area contributed by atoms with Gasteiger partial charge in [0.2, 0.25) is 0 Å². The van der Waals surface area contributed by atoms with Crippen LogP contribution in [-0.2, 0) is 11.2 Å². The molecule has 1 aromatic rings. The predicted octanol–water partition coefficient (Wildman–Crippen LogP) is 2.27. The van der Waals surface area contributed by atoms with Gasteiger partial charge in [-0.25, -0.2) is 9.59 Å². The SMILES string of the molecule is CCN(C(=O)NC(CCc1ccccc1)C(=O)O)C1CC1. The van der Waals surface area contributed by atoms with Crippen LogP contribution < -0.4 is 5.32 Å². The smallest absolute Gasteiger partial charge is 0.326 e. The summed E-state index contributed by atoms with van der Waals surface area (Å²) in [7, 11) is 0. The Kier molecular flexibility index (Phi) is 5.20. The monoisotopic (exact) mass is 290 g/mol. The van der Waals surface area contributed by atoms with Crippen LogP contribution in [0.1, 0.15) is 31.7 Å². The van der Waals surface area contributed by atoms with Crippen molar-refractivity contribution < 1.29 is 14.7 Å². The van der Waals surface area contributed by atoms with Crippen LogP contribution in [0, 0.1) is 0 Å². The van der Waals surface area contributed by atoms with Gasteiger partial charge in [0.25, 0.3) is 0 Å². The molecule has 0 heterocycles. The number of nitrogens with one attached hydrogen (secondary N) is 1. The summed E-state index contributed by atoms with van der Waals surface area (Å²) in [5, 5.41) is 11.9. The molecule has 5 heteroatoms. The molecule has 1 saturated carbocycles. The highest BCUT2D eigenvalue weighted by molar-refractivity contribution is 5.82. The van der Waals surface area contributed by atoms with E-state index in [1.807, 2.05) is 37.3 Å². The van der Waals surface area contributed by atoms with Gasteiger partial charge >= 0.3 is 12.0 Å². The maximum Gasteiger partial charge on any atom is 0.326 e. The molecule has 0 aromatic heterocycles. The van der Waals surface area contributed by atoms with Crippen molar-refractivity contribution in [1.29, 1.82) is 0 Å². The topological polar surface area (TPSA) is 69.6 Å². The normalized spacial score (nSPS) is 15.3. The lowest BCUT2D eigenvalue weighted by Crippen LogP contribution is -2.48. The molecule has 1 unspecified atom stereocenters. The van der Waals surface area contributed by atoms with Gasteiger partial charge in [-0.3, -0.25) is 0 Å². The number of urea groups is 1. The highest BCUT2D eigenvalue weighted by atomic mass is 16.4. The average Bonchev–Trinajstić information content (AvgIpc) is 3.29. The predicted molar refractivity (Wildman–Crippen MR) is 80.1 cm³/mol. The fourth-order valence-electron chi connectivity index (χ4n) is 2.40. The number of amides is 2. The first kappa shape index (κ1) is 15.4. The van der Waals surface area contributed by atoms with Crippen LogP contribution in [0.5, 0.6) is 0 Å². The summed E-state index contributed by atoms with van der Waals surface area (Å²) in [4.78, 5) is 25.2. The Morgan fingerprint density at radius 1 is 1.33 bits per heavy atom. The highest BCUT2D eigenvalue weighted by Gasteiger charge is 2.33. The van der Waals surface area contributed by atoms with Crippen molar-refractivity contribution in [3.63, 3.8) is 0 Å². The zero-order valence-electron chi connectivity index (χ0n) is 12.3. The first-order valence-corrected chi connectivity index (χ1v) is 7.45. The minimum Gasteiger partial charge on any atom is -0.480 e. The quantitative estimate of drug-likeness (QED) is 0.809. The van der Waals surface area contributed by atoms with Crippen molar-refractivity contribution in [2.24, 2.45) is 0 Å². The molecule has 0 radical (unpaired) electrons. The Balaban J connectivity index is 1.89. The summed E-state index contributed by atoms with van der Waals surface area (Å²) >= 11 is 0. The van der Waals surface area contributed by atoms with E-state index < -0.39 is 12.0 Å². The second kappa shape index (κ2) is 7.11. The van der Waals surface area contributed by atoms with Gasteiger partial charge < -0.3 is 15.3 Å². The van der Waals surface area contributed by atoms with Crippen molar-refractivity contribution in [3.05, 3.63) is 35.9 Å². The summed E-state index contributed by atoms with van der Waals surface area (Å²) in [6, 6.07) is 8.89. The van der Waals surface area contributed by atoms with Crippen LogP contribution in [-0.4, -0.2) is 40.6 Å². The van der Waals surface area contributed by atoms with Gasteiger partial charge in [-0.05, 0) is 38.2 Å². The molecule has 2 rings (SSSR count). The lowest BCUT2D eigenvalue weighted by molar-refractivity contribution is -0.139.